The molecular weight excluding hydrogens is 251 g/mol. The van der Waals surface area contributed by atoms with Gasteiger partial charge in [0, 0.05) is 18.8 Å². The zero-order chi connectivity index (χ0) is 13.6. The van der Waals surface area contributed by atoms with Crippen LogP contribution in [0.15, 0.2) is 12.3 Å². The predicted octanol–water partition coefficient (Wildman–Crippen LogP) is 1.17. The summed E-state index contributed by atoms with van der Waals surface area (Å²) in [5, 5.41) is 4.08. The van der Waals surface area contributed by atoms with Crippen molar-refractivity contribution in [2.75, 3.05) is 18.1 Å². The summed E-state index contributed by atoms with van der Waals surface area (Å²) in [6, 6.07) is 1.24. The Kier molecular flexibility index (Phi) is 2.58. The van der Waals surface area contributed by atoms with Gasteiger partial charge in [0.05, 0.1) is 6.54 Å². The first-order valence-electron chi connectivity index (χ1n) is 6.33. The summed E-state index contributed by atoms with van der Waals surface area (Å²) in [5.41, 5.74) is -0.735. The van der Waals surface area contributed by atoms with Crippen LogP contribution < -0.4 is 4.90 Å². The summed E-state index contributed by atoms with van der Waals surface area (Å²) in [6.45, 7) is 1.98. The number of aromatic nitrogens is 2. The number of carbonyl (C=O) groups is 2. The number of fused-ring (bicyclic) bond motifs is 1. The van der Waals surface area contributed by atoms with Crippen LogP contribution in [-0.2, 0) is 11.3 Å². The van der Waals surface area contributed by atoms with E-state index in [2.05, 4.69) is 5.10 Å². The van der Waals surface area contributed by atoms with E-state index in [4.69, 9.17) is 0 Å². The Hall–Kier alpha value is -1.92. The van der Waals surface area contributed by atoms with Crippen molar-refractivity contribution >= 4 is 17.8 Å². The van der Waals surface area contributed by atoms with E-state index in [0.29, 0.717) is 13.0 Å². The van der Waals surface area contributed by atoms with Crippen LogP contribution in [-0.4, -0.2) is 45.4 Å². The number of nitrogens with zero attached hydrogens (tertiary/aromatic N) is 4. The average molecular weight is 266 g/mol. The standard InChI is InChI=1S/C12H15FN4O2/c1-12-4-2-6-16(12)11(19)17(10(12)18)9-3-7-15(14-9)8-5-13/h3,7H,2,4-6,8H2,1H3/t12-/m0/s1. The van der Waals surface area contributed by atoms with Crippen molar-refractivity contribution in [1.29, 1.82) is 0 Å². The van der Waals surface area contributed by atoms with Crippen molar-refractivity contribution in [2.45, 2.75) is 31.8 Å². The minimum absolute atomic E-state index is 0.122. The molecule has 0 radical (unpaired) electrons. The second-order valence-electron chi connectivity index (χ2n) is 5.08. The number of urea groups is 1. The van der Waals surface area contributed by atoms with Gasteiger partial charge in [0.2, 0.25) is 0 Å². The van der Waals surface area contributed by atoms with Gasteiger partial charge in [-0.3, -0.25) is 9.48 Å². The SMILES string of the molecule is C[C@@]12CCCN1C(=O)N(c1ccn(CCF)n1)C2=O. The quantitative estimate of drug-likeness (QED) is 0.772. The Bertz CT molecular complexity index is 544. The number of aryl methyl sites for hydroxylation is 1. The minimum Gasteiger partial charge on any atom is -0.309 e. The fraction of sp³-hybridized carbons (Fsp3) is 0.583. The maximum atomic E-state index is 12.4. The van der Waals surface area contributed by atoms with Gasteiger partial charge in [-0.05, 0) is 19.8 Å². The summed E-state index contributed by atoms with van der Waals surface area (Å²) in [4.78, 5) is 27.4. The Labute approximate surface area is 109 Å². The molecule has 19 heavy (non-hydrogen) atoms. The Morgan fingerprint density at radius 1 is 1.47 bits per heavy atom. The number of imide groups is 1. The molecule has 2 aliphatic rings. The van der Waals surface area contributed by atoms with Crippen LogP contribution in [0, 0.1) is 0 Å². The smallest absolute Gasteiger partial charge is 0.309 e. The van der Waals surface area contributed by atoms with E-state index in [1.807, 2.05) is 0 Å². The fourth-order valence-electron chi connectivity index (χ4n) is 2.82. The van der Waals surface area contributed by atoms with Gasteiger partial charge in [-0.2, -0.15) is 5.10 Å². The molecule has 1 atom stereocenters. The van der Waals surface area contributed by atoms with Gasteiger partial charge in [0.1, 0.15) is 12.2 Å². The van der Waals surface area contributed by atoms with Crippen molar-refractivity contribution in [3.63, 3.8) is 0 Å². The average Bonchev–Trinajstić information content (AvgIpc) is 3.01. The van der Waals surface area contributed by atoms with Crippen LogP contribution in [0.2, 0.25) is 0 Å². The molecule has 3 rings (SSSR count). The predicted molar refractivity (Wildman–Crippen MR) is 65.4 cm³/mol. The van der Waals surface area contributed by atoms with Crippen molar-refractivity contribution in [2.24, 2.45) is 0 Å². The number of rotatable bonds is 3. The maximum Gasteiger partial charge on any atom is 0.333 e. The number of amides is 3. The molecule has 102 valence electrons. The summed E-state index contributed by atoms with van der Waals surface area (Å²) >= 11 is 0. The van der Waals surface area contributed by atoms with Crippen molar-refractivity contribution in [1.82, 2.24) is 14.7 Å². The van der Waals surface area contributed by atoms with Crippen LogP contribution in [0.1, 0.15) is 19.8 Å². The van der Waals surface area contributed by atoms with E-state index < -0.39 is 12.2 Å². The lowest BCUT2D eigenvalue weighted by Gasteiger charge is -2.22. The second-order valence-corrected chi connectivity index (χ2v) is 5.08. The lowest BCUT2D eigenvalue weighted by atomic mass is 9.99. The van der Waals surface area contributed by atoms with Gasteiger partial charge in [-0.1, -0.05) is 0 Å². The Balaban J connectivity index is 1.93. The maximum absolute atomic E-state index is 12.4. The summed E-state index contributed by atoms with van der Waals surface area (Å²) in [6.07, 6.45) is 3.10. The van der Waals surface area contributed by atoms with Crippen LogP contribution in [0.25, 0.3) is 0 Å². The zero-order valence-electron chi connectivity index (χ0n) is 10.7. The molecule has 2 saturated heterocycles. The lowest BCUT2D eigenvalue weighted by molar-refractivity contribution is -0.123. The Morgan fingerprint density at radius 3 is 2.95 bits per heavy atom. The molecule has 2 aliphatic heterocycles. The van der Waals surface area contributed by atoms with Crippen molar-refractivity contribution in [3.8, 4) is 0 Å². The molecule has 0 N–H and O–H groups in total. The van der Waals surface area contributed by atoms with Crippen LogP contribution in [0.5, 0.6) is 0 Å². The number of anilines is 1. The molecule has 0 spiro atoms. The molecule has 1 aromatic rings. The molecule has 3 amide bonds. The highest BCUT2D eigenvalue weighted by Crippen LogP contribution is 2.38. The Morgan fingerprint density at radius 2 is 2.26 bits per heavy atom. The van der Waals surface area contributed by atoms with Gasteiger partial charge >= 0.3 is 6.03 Å². The number of alkyl halides is 1. The van der Waals surface area contributed by atoms with Gasteiger partial charge in [0.25, 0.3) is 5.91 Å². The first kappa shape index (κ1) is 12.1. The van der Waals surface area contributed by atoms with Gasteiger partial charge < -0.3 is 4.90 Å². The molecule has 1 aromatic heterocycles. The summed E-state index contributed by atoms with van der Waals surface area (Å²) in [7, 11) is 0. The van der Waals surface area contributed by atoms with E-state index in [1.165, 1.54) is 4.68 Å². The molecular formula is C12H15FN4O2. The van der Waals surface area contributed by atoms with Crippen LogP contribution in [0.4, 0.5) is 15.0 Å². The van der Waals surface area contributed by atoms with E-state index >= 15 is 0 Å². The monoisotopic (exact) mass is 266 g/mol. The number of hydrogen-bond donors (Lipinski definition) is 0. The van der Waals surface area contributed by atoms with E-state index in [0.717, 1.165) is 11.3 Å². The summed E-state index contributed by atoms with van der Waals surface area (Å²) in [5.74, 6) is 0.0413. The van der Waals surface area contributed by atoms with E-state index in [1.54, 1.807) is 24.1 Å². The van der Waals surface area contributed by atoms with Crippen LogP contribution >= 0.6 is 0 Å². The largest absolute Gasteiger partial charge is 0.333 e. The molecule has 3 heterocycles. The normalized spacial score (nSPS) is 26.4. The molecule has 2 fully saturated rings. The summed E-state index contributed by atoms with van der Waals surface area (Å²) < 4.78 is 13.6. The van der Waals surface area contributed by atoms with Crippen molar-refractivity contribution in [3.05, 3.63) is 12.3 Å². The fourth-order valence-corrected chi connectivity index (χ4v) is 2.82. The molecule has 0 aliphatic carbocycles. The molecule has 0 saturated carbocycles. The highest BCUT2D eigenvalue weighted by atomic mass is 19.1. The first-order chi connectivity index (χ1) is 9.08. The van der Waals surface area contributed by atoms with Gasteiger partial charge in [0.15, 0.2) is 5.82 Å². The lowest BCUT2D eigenvalue weighted by Crippen LogP contribution is -2.41. The third-order valence-electron chi connectivity index (χ3n) is 3.90. The highest BCUT2D eigenvalue weighted by molar-refractivity contribution is 6.22. The van der Waals surface area contributed by atoms with Gasteiger partial charge in [-0.25, -0.2) is 14.1 Å². The first-order valence-corrected chi connectivity index (χ1v) is 6.33. The molecule has 0 unspecified atom stereocenters. The third-order valence-corrected chi connectivity index (χ3v) is 3.90. The zero-order valence-corrected chi connectivity index (χ0v) is 10.7. The van der Waals surface area contributed by atoms with Gasteiger partial charge in [-0.15, -0.1) is 0 Å². The third kappa shape index (κ3) is 1.57. The van der Waals surface area contributed by atoms with E-state index in [-0.39, 0.29) is 24.3 Å². The number of carbonyl (C=O) groups excluding carboxylic acids is 2. The minimum atomic E-state index is -0.735. The topological polar surface area (TPSA) is 58.4 Å². The molecule has 0 bridgehead atoms. The van der Waals surface area contributed by atoms with E-state index in [9.17, 15) is 14.0 Å². The van der Waals surface area contributed by atoms with Crippen LogP contribution in [0.3, 0.4) is 0 Å². The number of halogens is 1. The molecule has 6 nitrogen and oxygen atoms in total. The van der Waals surface area contributed by atoms with Crippen molar-refractivity contribution < 1.29 is 14.0 Å². The molecule has 7 heteroatoms. The molecule has 0 aromatic carbocycles. The highest BCUT2D eigenvalue weighted by Gasteiger charge is 2.57. The second kappa shape index (κ2) is 4.04. The number of hydrogen-bond acceptors (Lipinski definition) is 3.